The Hall–Kier alpha value is -3.02. The second-order valence-corrected chi connectivity index (χ2v) is 6.24. The van der Waals surface area contributed by atoms with Crippen molar-refractivity contribution in [3.63, 3.8) is 0 Å². The summed E-state index contributed by atoms with van der Waals surface area (Å²) < 4.78 is 8.51. The van der Waals surface area contributed by atoms with Crippen LogP contribution in [0.2, 0.25) is 0 Å². The van der Waals surface area contributed by atoms with E-state index in [4.69, 9.17) is 4.74 Å². The third kappa shape index (κ3) is 3.49. The van der Waals surface area contributed by atoms with E-state index in [2.05, 4.69) is 0 Å². The van der Waals surface area contributed by atoms with E-state index in [1.807, 2.05) is 55.5 Å². The van der Waals surface area contributed by atoms with Crippen LogP contribution in [-0.4, -0.2) is 33.6 Å². The predicted octanol–water partition coefficient (Wildman–Crippen LogP) is 2.40. The molecule has 0 saturated carbocycles. The number of aromatic nitrogens is 2. The SMILES string of the molecule is CCOc1ccc(CN(C)C(=O)Cn2c(=O)n(C)c3ccccc32)cc1. The summed E-state index contributed by atoms with van der Waals surface area (Å²) in [5.74, 6) is 0.699. The van der Waals surface area contributed by atoms with E-state index in [9.17, 15) is 9.59 Å². The summed E-state index contributed by atoms with van der Waals surface area (Å²) in [7, 11) is 3.46. The van der Waals surface area contributed by atoms with Crippen molar-refractivity contribution in [1.82, 2.24) is 14.0 Å². The Morgan fingerprint density at radius 1 is 1.08 bits per heavy atom. The number of likely N-dealkylation sites (N-methyl/N-ethyl adjacent to an activating group) is 1. The minimum absolute atomic E-state index is 0.0215. The van der Waals surface area contributed by atoms with E-state index in [-0.39, 0.29) is 18.1 Å². The molecule has 0 atom stereocenters. The lowest BCUT2D eigenvalue weighted by molar-refractivity contribution is -0.131. The molecule has 0 aliphatic carbocycles. The number of hydrogen-bond acceptors (Lipinski definition) is 3. The van der Waals surface area contributed by atoms with Gasteiger partial charge in [0.15, 0.2) is 0 Å². The molecule has 2 aromatic carbocycles. The van der Waals surface area contributed by atoms with Crippen molar-refractivity contribution in [2.24, 2.45) is 7.05 Å². The average Bonchev–Trinajstić information content (AvgIpc) is 2.89. The standard InChI is InChI=1S/C20H23N3O3/c1-4-26-16-11-9-15(10-12-16)13-21(2)19(24)14-23-18-8-6-5-7-17(18)22(3)20(23)25/h5-12H,4,13-14H2,1-3H3. The molecule has 3 aromatic rings. The van der Waals surface area contributed by atoms with Gasteiger partial charge in [0.1, 0.15) is 12.3 Å². The fraction of sp³-hybridized carbons (Fsp3) is 0.300. The summed E-state index contributed by atoms with van der Waals surface area (Å²) in [6.45, 7) is 3.06. The van der Waals surface area contributed by atoms with E-state index >= 15 is 0 Å². The van der Waals surface area contributed by atoms with Gasteiger partial charge in [0.25, 0.3) is 0 Å². The largest absolute Gasteiger partial charge is 0.494 e. The molecule has 136 valence electrons. The zero-order valence-corrected chi connectivity index (χ0v) is 15.3. The average molecular weight is 353 g/mol. The van der Waals surface area contributed by atoms with Crippen LogP contribution in [-0.2, 0) is 24.9 Å². The molecular formula is C20H23N3O3. The number of nitrogens with zero attached hydrogens (tertiary/aromatic N) is 3. The van der Waals surface area contributed by atoms with Gasteiger partial charge in [-0.15, -0.1) is 0 Å². The molecule has 26 heavy (non-hydrogen) atoms. The van der Waals surface area contributed by atoms with E-state index in [0.29, 0.717) is 13.2 Å². The van der Waals surface area contributed by atoms with Crippen molar-refractivity contribution in [3.8, 4) is 5.75 Å². The Morgan fingerprint density at radius 2 is 1.73 bits per heavy atom. The lowest BCUT2D eigenvalue weighted by Gasteiger charge is -2.18. The molecule has 0 N–H and O–H groups in total. The molecule has 0 fully saturated rings. The molecule has 6 nitrogen and oxygen atoms in total. The van der Waals surface area contributed by atoms with E-state index in [1.165, 1.54) is 4.57 Å². The van der Waals surface area contributed by atoms with Gasteiger partial charge in [0.05, 0.1) is 17.6 Å². The maximum Gasteiger partial charge on any atom is 0.329 e. The van der Waals surface area contributed by atoms with Crippen LogP contribution in [0, 0.1) is 0 Å². The minimum atomic E-state index is -0.186. The summed E-state index contributed by atoms with van der Waals surface area (Å²) >= 11 is 0. The molecule has 3 rings (SSSR count). The number of ether oxygens (including phenoxy) is 1. The third-order valence-electron chi connectivity index (χ3n) is 4.42. The highest BCUT2D eigenvalue weighted by Crippen LogP contribution is 2.14. The third-order valence-corrected chi connectivity index (χ3v) is 4.42. The number of carbonyl (C=O) groups is 1. The lowest BCUT2D eigenvalue weighted by atomic mass is 10.2. The minimum Gasteiger partial charge on any atom is -0.494 e. The molecule has 0 unspecified atom stereocenters. The van der Waals surface area contributed by atoms with E-state index in [1.54, 1.807) is 23.6 Å². The second-order valence-electron chi connectivity index (χ2n) is 6.24. The molecule has 0 saturated heterocycles. The van der Waals surface area contributed by atoms with Gasteiger partial charge in [-0.1, -0.05) is 24.3 Å². The number of para-hydroxylation sites is 2. The topological polar surface area (TPSA) is 56.5 Å². The van der Waals surface area contributed by atoms with Gasteiger partial charge in [-0.3, -0.25) is 13.9 Å². The Kier molecular flexibility index (Phi) is 5.11. The highest BCUT2D eigenvalue weighted by Gasteiger charge is 2.16. The van der Waals surface area contributed by atoms with Gasteiger partial charge in [0, 0.05) is 20.6 Å². The van der Waals surface area contributed by atoms with Gasteiger partial charge < -0.3 is 9.64 Å². The molecule has 1 amide bonds. The van der Waals surface area contributed by atoms with Gasteiger partial charge >= 0.3 is 5.69 Å². The molecule has 0 aliphatic heterocycles. The number of rotatable bonds is 6. The summed E-state index contributed by atoms with van der Waals surface area (Å²) in [5.41, 5.74) is 2.41. The van der Waals surface area contributed by atoms with E-state index in [0.717, 1.165) is 22.3 Å². The van der Waals surface area contributed by atoms with Gasteiger partial charge in [-0.05, 0) is 36.8 Å². The maximum atomic E-state index is 12.6. The number of imidazole rings is 1. The van der Waals surface area contributed by atoms with Crippen molar-refractivity contribution in [3.05, 3.63) is 64.6 Å². The maximum absolute atomic E-state index is 12.6. The fourth-order valence-corrected chi connectivity index (χ4v) is 2.99. The fourth-order valence-electron chi connectivity index (χ4n) is 2.99. The summed E-state index contributed by atoms with van der Waals surface area (Å²) in [5, 5.41) is 0. The zero-order valence-electron chi connectivity index (χ0n) is 15.3. The summed E-state index contributed by atoms with van der Waals surface area (Å²) in [4.78, 5) is 26.7. The van der Waals surface area contributed by atoms with Gasteiger partial charge in [-0.25, -0.2) is 4.79 Å². The van der Waals surface area contributed by atoms with Crippen LogP contribution in [0.4, 0.5) is 0 Å². The highest BCUT2D eigenvalue weighted by molar-refractivity contribution is 5.80. The number of benzene rings is 2. The first-order valence-corrected chi connectivity index (χ1v) is 8.61. The van der Waals surface area contributed by atoms with Crippen LogP contribution < -0.4 is 10.4 Å². The summed E-state index contributed by atoms with van der Waals surface area (Å²) in [6, 6.07) is 15.2. The molecule has 6 heteroatoms. The highest BCUT2D eigenvalue weighted by atomic mass is 16.5. The Balaban J connectivity index is 1.74. The summed E-state index contributed by atoms with van der Waals surface area (Å²) in [6.07, 6.45) is 0. The Labute approximate surface area is 152 Å². The molecule has 0 bridgehead atoms. The quantitative estimate of drug-likeness (QED) is 0.684. The van der Waals surface area contributed by atoms with E-state index < -0.39 is 0 Å². The van der Waals surface area contributed by atoms with Crippen LogP contribution in [0.1, 0.15) is 12.5 Å². The number of fused-ring (bicyclic) bond motifs is 1. The number of carbonyl (C=O) groups excluding carboxylic acids is 1. The van der Waals surface area contributed by atoms with Crippen LogP contribution in [0.25, 0.3) is 11.0 Å². The first-order valence-electron chi connectivity index (χ1n) is 8.61. The molecule has 0 radical (unpaired) electrons. The van der Waals surface area contributed by atoms with Gasteiger partial charge in [0.2, 0.25) is 5.91 Å². The zero-order chi connectivity index (χ0) is 18.7. The van der Waals surface area contributed by atoms with Crippen LogP contribution in [0.15, 0.2) is 53.3 Å². The monoisotopic (exact) mass is 353 g/mol. The molecular weight excluding hydrogens is 330 g/mol. The normalized spacial score (nSPS) is 10.9. The molecule has 1 aromatic heterocycles. The van der Waals surface area contributed by atoms with Crippen molar-refractivity contribution in [1.29, 1.82) is 0 Å². The lowest BCUT2D eigenvalue weighted by Crippen LogP contribution is -2.33. The van der Waals surface area contributed by atoms with Crippen LogP contribution in [0.5, 0.6) is 5.75 Å². The number of hydrogen-bond donors (Lipinski definition) is 0. The van der Waals surface area contributed by atoms with Crippen molar-refractivity contribution >= 4 is 16.9 Å². The van der Waals surface area contributed by atoms with Crippen molar-refractivity contribution < 1.29 is 9.53 Å². The molecule has 0 spiro atoms. The smallest absolute Gasteiger partial charge is 0.329 e. The first kappa shape index (κ1) is 17.8. The number of amides is 1. The Morgan fingerprint density at radius 3 is 2.38 bits per heavy atom. The number of aryl methyl sites for hydroxylation is 1. The van der Waals surface area contributed by atoms with Crippen molar-refractivity contribution in [2.75, 3.05) is 13.7 Å². The molecule has 1 heterocycles. The molecule has 0 aliphatic rings. The Bertz CT molecular complexity index is 970. The van der Waals surface area contributed by atoms with Crippen LogP contribution >= 0.6 is 0 Å². The van der Waals surface area contributed by atoms with Gasteiger partial charge in [-0.2, -0.15) is 0 Å². The van der Waals surface area contributed by atoms with Crippen molar-refractivity contribution in [2.45, 2.75) is 20.0 Å². The van der Waals surface area contributed by atoms with Crippen LogP contribution in [0.3, 0.4) is 0 Å². The predicted molar refractivity (Wildman–Crippen MR) is 101 cm³/mol. The first-order chi connectivity index (χ1) is 12.5. The second kappa shape index (κ2) is 7.47.